The summed E-state index contributed by atoms with van der Waals surface area (Å²) in [5.74, 6) is 3.76. The van der Waals surface area contributed by atoms with E-state index in [0.717, 1.165) is 35.4 Å². The summed E-state index contributed by atoms with van der Waals surface area (Å²) in [7, 11) is 0. The number of carbonyl (C=O) groups excluding carboxylic acids is 1. The molecule has 5 nitrogen and oxygen atoms in total. The molecule has 0 unspecified atom stereocenters. The van der Waals surface area contributed by atoms with E-state index in [2.05, 4.69) is 43.3 Å². The molecule has 0 spiro atoms. The van der Waals surface area contributed by atoms with Crippen LogP contribution in [0, 0.1) is 25.7 Å². The summed E-state index contributed by atoms with van der Waals surface area (Å²) in [6.07, 6.45) is 2.36. The summed E-state index contributed by atoms with van der Waals surface area (Å²) in [6.45, 7) is 9.92. The summed E-state index contributed by atoms with van der Waals surface area (Å²) in [5, 5.41) is 7.50. The molecule has 0 saturated heterocycles. The fourth-order valence-electron chi connectivity index (χ4n) is 3.28. The molecule has 5 heteroatoms. The molecular formula is C20H29N3O2. The van der Waals surface area contributed by atoms with Crippen LogP contribution in [0.15, 0.2) is 22.6 Å². The Kier molecular flexibility index (Phi) is 5.30. The molecule has 1 aliphatic rings. The van der Waals surface area contributed by atoms with Crippen molar-refractivity contribution in [2.75, 3.05) is 6.54 Å². The van der Waals surface area contributed by atoms with Crippen molar-refractivity contribution in [2.24, 2.45) is 11.8 Å². The Labute approximate surface area is 149 Å². The number of aryl methyl sites for hydroxylation is 3. The second-order valence-electron chi connectivity index (χ2n) is 7.64. The van der Waals surface area contributed by atoms with Gasteiger partial charge in [-0.25, -0.2) is 0 Å². The molecule has 1 saturated carbocycles. The predicted octanol–water partition coefficient (Wildman–Crippen LogP) is 3.60. The maximum atomic E-state index is 12.1. The largest absolute Gasteiger partial charge is 0.466 e. The van der Waals surface area contributed by atoms with Gasteiger partial charge in [0.05, 0.1) is 5.69 Å². The van der Waals surface area contributed by atoms with Gasteiger partial charge in [0.2, 0.25) is 5.91 Å². The predicted molar refractivity (Wildman–Crippen MR) is 97.4 cm³/mol. The zero-order chi connectivity index (χ0) is 18.0. The molecule has 1 fully saturated rings. The van der Waals surface area contributed by atoms with Crippen LogP contribution in [0.4, 0.5) is 0 Å². The third-order valence-electron chi connectivity index (χ3n) is 4.99. The van der Waals surface area contributed by atoms with Gasteiger partial charge in [0.1, 0.15) is 11.5 Å². The van der Waals surface area contributed by atoms with Gasteiger partial charge in [-0.2, -0.15) is 5.10 Å². The lowest BCUT2D eigenvalue weighted by Gasteiger charge is -2.14. The van der Waals surface area contributed by atoms with Gasteiger partial charge in [-0.3, -0.25) is 9.48 Å². The molecule has 136 valence electrons. The molecule has 3 atom stereocenters. The van der Waals surface area contributed by atoms with E-state index in [1.54, 1.807) is 0 Å². The molecule has 0 aromatic carbocycles. The second-order valence-corrected chi connectivity index (χ2v) is 7.64. The SMILES string of the molecule is Cc1cc(C)n(C[C@H](C)CNC(=O)CCc2ccc([C@@H]3C[C@@H]3C)o2)n1. The van der Waals surface area contributed by atoms with Crippen LogP contribution in [0.1, 0.15) is 55.5 Å². The van der Waals surface area contributed by atoms with Gasteiger partial charge in [-0.05, 0) is 50.3 Å². The first-order chi connectivity index (χ1) is 11.9. The minimum absolute atomic E-state index is 0.0814. The fraction of sp³-hybridized carbons (Fsp3) is 0.600. The van der Waals surface area contributed by atoms with E-state index in [1.807, 2.05) is 17.7 Å². The Bertz CT molecular complexity index is 731. The topological polar surface area (TPSA) is 60.1 Å². The summed E-state index contributed by atoms with van der Waals surface area (Å²) in [5.41, 5.74) is 2.20. The maximum Gasteiger partial charge on any atom is 0.220 e. The van der Waals surface area contributed by atoms with Crippen molar-refractivity contribution in [1.82, 2.24) is 15.1 Å². The quantitative estimate of drug-likeness (QED) is 0.796. The van der Waals surface area contributed by atoms with Gasteiger partial charge >= 0.3 is 0 Å². The lowest BCUT2D eigenvalue weighted by Crippen LogP contribution is -2.30. The third kappa shape index (κ3) is 4.74. The first-order valence-electron chi connectivity index (χ1n) is 9.28. The van der Waals surface area contributed by atoms with Gasteiger partial charge in [0, 0.05) is 37.5 Å². The highest BCUT2D eigenvalue weighted by Crippen LogP contribution is 2.47. The van der Waals surface area contributed by atoms with E-state index in [4.69, 9.17) is 4.42 Å². The summed E-state index contributed by atoms with van der Waals surface area (Å²) in [4.78, 5) is 12.1. The maximum absolute atomic E-state index is 12.1. The highest BCUT2D eigenvalue weighted by molar-refractivity contribution is 5.76. The van der Waals surface area contributed by atoms with Crippen molar-refractivity contribution in [2.45, 2.75) is 59.4 Å². The molecule has 2 aromatic rings. The van der Waals surface area contributed by atoms with Gasteiger partial charge < -0.3 is 9.73 Å². The van der Waals surface area contributed by atoms with Crippen molar-refractivity contribution in [1.29, 1.82) is 0 Å². The average molecular weight is 343 g/mol. The summed E-state index contributed by atoms with van der Waals surface area (Å²) >= 11 is 0. The first-order valence-corrected chi connectivity index (χ1v) is 9.28. The Morgan fingerprint density at radius 2 is 2.20 bits per heavy atom. The van der Waals surface area contributed by atoms with E-state index in [9.17, 15) is 4.79 Å². The van der Waals surface area contributed by atoms with E-state index >= 15 is 0 Å². The number of amides is 1. The zero-order valence-corrected chi connectivity index (χ0v) is 15.7. The third-order valence-corrected chi connectivity index (χ3v) is 4.99. The van der Waals surface area contributed by atoms with Crippen LogP contribution < -0.4 is 5.32 Å². The van der Waals surface area contributed by atoms with Crippen molar-refractivity contribution < 1.29 is 9.21 Å². The Hall–Kier alpha value is -2.04. The normalized spacial score (nSPS) is 20.5. The number of hydrogen-bond acceptors (Lipinski definition) is 3. The number of carbonyl (C=O) groups is 1. The van der Waals surface area contributed by atoms with Gasteiger partial charge in [-0.15, -0.1) is 0 Å². The lowest BCUT2D eigenvalue weighted by molar-refractivity contribution is -0.121. The Morgan fingerprint density at radius 3 is 2.84 bits per heavy atom. The summed E-state index contributed by atoms with van der Waals surface area (Å²) < 4.78 is 7.87. The molecular weight excluding hydrogens is 314 g/mol. The number of aromatic nitrogens is 2. The van der Waals surface area contributed by atoms with E-state index in [-0.39, 0.29) is 5.91 Å². The molecule has 25 heavy (non-hydrogen) atoms. The number of hydrogen-bond donors (Lipinski definition) is 1. The molecule has 2 aromatic heterocycles. The first kappa shape index (κ1) is 17.8. The monoisotopic (exact) mass is 343 g/mol. The van der Waals surface area contributed by atoms with E-state index in [0.29, 0.717) is 31.2 Å². The van der Waals surface area contributed by atoms with Gasteiger partial charge in [0.25, 0.3) is 0 Å². The van der Waals surface area contributed by atoms with Crippen LogP contribution >= 0.6 is 0 Å². The van der Waals surface area contributed by atoms with Crippen molar-refractivity contribution >= 4 is 5.91 Å². The molecule has 2 heterocycles. The van der Waals surface area contributed by atoms with Gasteiger partial charge in [0.15, 0.2) is 0 Å². The average Bonchev–Trinajstić information content (AvgIpc) is 2.97. The molecule has 0 bridgehead atoms. The van der Waals surface area contributed by atoms with Crippen LogP contribution in [0.2, 0.25) is 0 Å². The second kappa shape index (κ2) is 7.46. The van der Waals surface area contributed by atoms with Crippen LogP contribution in [0.3, 0.4) is 0 Å². The summed E-state index contributed by atoms with van der Waals surface area (Å²) in [6, 6.07) is 6.16. The van der Waals surface area contributed by atoms with E-state index in [1.165, 1.54) is 6.42 Å². The van der Waals surface area contributed by atoms with Crippen LogP contribution in [-0.2, 0) is 17.8 Å². The van der Waals surface area contributed by atoms with Gasteiger partial charge in [-0.1, -0.05) is 13.8 Å². The number of nitrogens with one attached hydrogen (secondary N) is 1. The molecule has 1 amide bonds. The van der Waals surface area contributed by atoms with Crippen molar-refractivity contribution in [3.8, 4) is 0 Å². The Balaban J connectivity index is 1.37. The smallest absolute Gasteiger partial charge is 0.220 e. The molecule has 0 aliphatic heterocycles. The highest BCUT2D eigenvalue weighted by Gasteiger charge is 2.36. The highest BCUT2D eigenvalue weighted by atomic mass is 16.3. The lowest BCUT2D eigenvalue weighted by atomic mass is 10.1. The van der Waals surface area contributed by atoms with E-state index < -0.39 is 0 Å². The standard InChI is InChI=1S/C20H29N3O2/c1-13(12-23-16(4)10-15(3)22-23)11-21-20(24)8-6-17-5-7-19(25-17)18-9-14(18)2/h5,7,10,13-14,18H,6,8-9,11-12H2,1-4H3,(H,21,24)/t13-,14+,18-/m1/s1. The Morgan fingerprint density at radius 1 is 1.44 bits per heavy atom. The minimum atomic E-state index is 0.0814. The van der Waals surface area contributed by atoms with Crippen molar-refractivity contribution in [3.05, 3.63) is 41.1 Å². The minimum Gasteiger partial charge on any atom is -0.466 e. The number of rotatable bonds is 8. The zero-order valence-electron chi connectivity index (χ0n) is 15.7. The van der Waals surface area contributed by atoms with Crippen LogP contribution in [0.25, 0.3) is 0 Å². The number of furan rings is 1. The fourth-order valence-corrected chi connectivity index (χ4v) is 3.28. The molecule has 3 rings (SSSR count). The molecule has 0 radical (unpaired) electrons. The molecule has 1 aliphatic carbocycles. The van der Waals surface area contributed by atoms with Crippen LogP contribution in [-0.4, -0.2) is 22.2 Å². The van der Waals surface area contributed by atoms with Crippen LogP contribution in [0.5, 0.6) is 0 Å². The molecule has 1 N–H and O–H groups in total. The number of nitrogens with zero attached hydrogens (tertiary/aromatic N) is 2. The van der Waals surface area contributed by atoms with Crippen molar-refractivity contribution in [3.63, 3.8) is 0 Å².